The Labute approximate surface area is 364 Å². The number of imidazole rings is 2. The number of alkyl carbamates (subject to hydrolysis) is 2. The molecule has 0 aliphatic carbocycles. The summed E-state index contributed by atoms with van der Waals surface area (Å²) in [6, 6.07) is 28.1. The average molecular weight is 849 g/mol. The average Bonchev–Trinajstić information content (AvgIpc) is 4.11. The summed E-state index contributed by atoms with van der Waals surface area (Å²) in [5.41, 5.74) is 6.25. The highest BCUT2D eigenvalue weighted by atomic mass is 16.5. The molecule has 0 saturated carbocycles. The number of nitrogens with zero attached hydrogens (tertiary/aromatic N) is 4. The lowest BCUT2D eigenvalue weighted by Gasteiger charge is -2.32. The third-order valence-electron chi connectivity index (χ3n) is 12.9. The maximum absolute atomic E-state index is 14.4. The molecule has 63 heavy (non-hydrogen) atoms. The lowest BCUT2D eigenvalue weighted by molar-refractivity contribution is -0.137. The second-order valence-electron chi connectivity index (χ2n) is 17.3. The lowest BCUT2D eigenvalue weighted by Crippen LogP contribution is -2.51. The molecule has 14 nitrogen and oxygen atoms in total. The van der Waals surface area contributed by atoms with Gasteiger partial charge in [0, 0.05) is 23.4 Å². The van der Waals surface area contributed by atoms with Crippen molar-refractivity contribution in [3.05, 3.63) is 108 Å². The molecule has 0 bridgehead atoms. The topological polar surface area (TPSA) is 175 Å². The Morgan fingerprint density at radius 2 is 1.32 bits per heavy atom. The number of aromatic amines is 2. The predicted octanol–water partition coefficient (Wildman–Crippen LogP) is 8.85. The van der Waals surface area contributed by atoms with Crippen LogP contribution >= 0.6 is 0 Å². The molecular weight excluding hydrogens is 797 g/mol. The molecule has 2 saturated heterocycles. The molecule has 14 heteroatoms. The van der Waals surface area contributed by atoms with Gasteiger partial charge < -0.3 is 39.9 Å². The molecule has 2 fully saturated rings. The number of H-pyrrole nitrogens is 2. The first-order valence-corrected chi connectivity index (χ1v) is 21.7. The summed E-state index contributed by atoms with van der Waals surface area (Å²) in [6.07, 6.45) is 1.09. The van der Waals surface area contributed by atoms with Crippen LogP contribution in [0.5, 0.6) is 0 Å². The minimum absolute atomic E-state index is 0.0852. The summed E-state index contributed by atoms with van der Waals surface area (Å²) < 4.78 is 9.71. The molecule has 5 aromatic carbocycles. The van der Waals surface area contributed by atoms with Crippen molar-refractivity contribution < 1.29 is 28.7 Å². The van der Waals surface area contributed by atoms with E-state index in [4.69, 9.17) is 19.4 Å². The van der Waals surface area contributed by atoms with E-state index in [1.807, 2.05) is 73.0 Å². The molecule has 6 atom stereocenters. The summed E-state index contributed by atoms with van der Waals surface area (Å²) >= 11 is 0. The van der Waals surface area contributed by atoms with Gasteiger partial charge in [-0.15, -0.1) is 0 Å². The second kappa shape index (κ2) is 16.7. The van der Waals surface area contributed by atoms with E-state index in [0.717, 1.165) is 79.8 Å². The number of rotatable bonds is 9. The zero-order valence-corrected chi connectivity index (χ0v) is 36.3. The summed E-state index contributed by atoms with van der Waals surface area (Å²) in [6.45, 7) is 8.58. The Hall–Kier alpha value is -6.96. The number of carbonyl (C=O) groups is 4. The Balaban J connectivity index is 0.991. The van der Waals surface area contributed by atoms with Crippen LogP contribution in [0.15, 0.2) is 91.0 Å². The van der Waals surface area contributed by atoms with Gasteiger partial charge in [0.25, 0.3) is 5.91 Å². The Morgan fingerprint density at radius 1 is 0.730 bits per heavy atom. The molecule has 9 rings (SSSR count). The molecule has 4 amide bonds. The third-order valence-corrected chi connectivity index (χ3v) is 12.9. The summed E-state index contributed by atoms with van der Waals surface area (Å²) in [5.74, 6) is 1.08. The van der Waals surface area contributed by atoms with Crippen molar-refractivity contribution in [2.24, 2.45) is 11.8 Å². The first-order chi connectivity index (χ1) is 30.4. The minimum atomic E-state index is -0.919. The molecule has 4 heterocycles. The molecule has 0 radical (unpaired) electrons. The fraction of sp³-hybridized carbons (Fsp3) is 0.347. The van der Waals surface area contributed by atoms with E-state index in [0.29, 0.717) is 17.9 Å². The fourth-order valence-electron chi connectivity index (χ4n) is 9.84. The molecule has 324 valence electrons. The maximum Gasteiger partial charge on any atom is 0.407 e. The first-order valence-electron chi connectivity index (χ1n) is 21.7. The summed E-state index contributed by atoms with van der Waals surface area (Å²) in [7, 11) is 2.58. The molecular formula is C49H52N8O6. The van der Waals surface area contributed by atoms with Crippen LogP contribution in [-0.2, 0) is 19.1 Å². The minimum Gasteiger partial charge on any atom is -0.453 e. The normalized spacial score (nSPS) is 19.9. The number of hydrogen-bond donors (Lipinski definition) is 4. The van der Waals surface area contributed by atoms with Crippen LogP contribution in [0.3, 0.4) is 0 Å². The first kappa shape index (κ1) is 41.4. The van der Waals surface area contributed by atoms with Crippen LogP contribution in [0.4, 0.5) is 9.59 Å². The van der Waals surface area contributed by atoms with Crippen molar-refractivity contribution in [1.29, 1.82) is 0 Å². The van der Waals surface area contributed by atoms with Gasteiger partial charge in [0.1, 0.15) is 23.7 Å². The van der Waals surface area contributed by atoms with E-state index in [1.54, 1.807) is 0 Å². The largest absolute Gasteiger partial charge is 0.453 e. The van der Waals surface area contributed by atoms with Crippen LogP contribution in [0.25, 0.3) is 54.7 Å². The van der Waals surface area contributed by atoms with Crippen molar-refractivity contribution in [2.75, 3.05) is 20.8 Å². The number of fused-ring (bicyclic) bond motifs is 6. The summed E-state index contributed by atoms with van der Waals surface area (Å²) in [4.78, 5) is 73.7. The van der Waals surface area contributed by atoms with Crippen LogP contribution in [-0.4, -0.2) is 86.6 Å². The molecule has 2 aromatic heterocycles. The summed E-state index contributed by atoms with van der Waals surface area (Å²) in [5, 5.41) is 9.58. The highest BCUT2D eigenvalue weighted by molar-refractivity contribution is 6.07. The van der Waals surface area contributed by atoms with Crippen molar-refractivity contribution in [3.63, 3.8) is 0 Å². The van der Waals surface area contributed by atoms with Gasteiger partial charge in [-0.3, -0.25) is 9.59 Å². The molecule has 2 aliphatic rings. The van der Waals surface area contributed by atoms with Gasteiger partial charge in [-0.05, 0) is 89.8 Å². The van der Waals surface area contributed by atoms with E-state index < -0.39 is 24.3 Å². The zero-order chi connectivity index (χ0) is 44.1. The molecule has 0 spiro atoms. The van der Waals surface area contributed by atoms with Gasteiger partial charge in [-0.25, -0.2) is 19.6 Å². The lowest BCUT2D eigenvalue weighted by atomic mass is 9.98. The number of amides is 4. The highest BCUT2D eigenvalue weighted by Gasteiger charge is 2.45. The number of hydrogen-bond acceptors (Lipinski definition) is 8. The molecule has 2 aliphatic heterocycles. The van der Waals surface area contributed by atoms with Gasteiger partial charge in [-0.1, -0.05) is 87.5 Å². The van der Waals surface area contributed by atoms with Crippen LogP contribution in [0.2, 0.25) is 0 Å². The van der Waals surface area contributed by atoms with E-state index in [9.17, 15) is 19.2 Å². The Morgan fingerprint density at radius 3 is 1.92 bits per heavy atom. The maximum atomic E-state index is 14.4. The van der Waals surface area contributed by atoms with Gasteiger partial charge in [0.2, 0.25) is 5.91 Å². The Kier molecular flexibility index (Phi) is 11.0. The number of ether oxygens (including phenoxy) is 2. The smallest absolute Gasteiger partial charge is 0.407 e. The second-order valence-corrected chi connectivity index (χ2v) is 17.3. The zero-order valence-electron chi connectivity index (χ0n) is 36.3. The van der Waals surface area contributed by atoms with Crippen LogP contribution in [0, 0.1) is 11.8 Å². The molecule has 4 N–H and O–H groups in total. The number of aromatic nitrogens is 4. The number of likely N-dealkylation sites (tertiary alicyclic amines) is 2. The van der Waals surface area contributed by atoms with E-state index in [2.05, 4.69) is 76.1 Å². The SMILES string of the molecule is COC(=O)N[C@H](C(=O)N1CCC[C@H]1c1nc2c(ccc3cc(-c4ccc5c(ccc6[nH]c([C@@H]7[C@H](C)C[C@H](C)N7C(=O)[C@H](NC(=O)OC)c7ccccc7)nc65)c4)ccc32)[nH]1)C(C)C. The van der Waals surface area contributed by atoms with Gasteiger partial charge in [0.05, 0.1) is 48.4 Å². The van der Waals surface area contributed by atoms with Gasteiger partial charge >= 0.3 is 12.2 Å². The standard InChI is InChI=1S/C49H52N8O6/c1-26(2)39(54-48(60)62-5)46(58)56-22-10-13-38(56)44-50-36-20-16-32-24-30(14-18-34(32)41(36)52-44)31-15-19-35-33(25-31)17-21-37-42(35)53-45(51-37)43-27(3)23-28(4)57(43)47(59)40(55-49(61)63-6)29-11-8-7-9-12-29/h7-9,11-12,14-21,24-28,38-40,43H,10,13,22-23H2,1-6H3,(H,50,52)(H,51,53)(H,54,60)(H,55,61)/t27-,28+,38+,39+,40-,43+/m1/s1. The highest BCUT2D eigenvalue weighted by Crippen LogP contribution is 2.43. The van der Waals surface area contributed by atoms with Crippen LogP contribution < -0.4 is 10.6 Å². The van der Waals surface area contributed by atoms with Crippen molar-refractivity contribution >= 4 is 67.6 Å². The number of carbonyl (C=O) groups excluding carboxylic acids is 4. The van der Waals surface area contributed by atoms with Crippen LogP contribution in [0.1, 0.15) is 82.3 Å². The van der Waals surface area contributed by atoms with Crippen molar-refractivity contribution in [1.82, 2.24) is 40.4 Å². The molecule has 7 aromatic rings. The van der Waals surface area contributed by atoms with E-state index in [-0.39, 0.29) is 41.8 Å². The number of nitrogens with one attached hydrogen (secondary N) is 4. The fourth-order valence-corrected chi connectivity index (χ4v) is 9.84. The van der Waals surface area contributed by atoms with Crippen molar-refractivity contribution in [2.45, 2.75) is 77.2 Å². The van der Waals surface area contributed by atoms with E-state index in [1.165, 1.54) is 14.2 Å². The molecule has 0 unspecified atom stereocenters. The van der Waals surface area contributed by atoms with Gasteiger partial charge in [0.15, 0.2) is 0 Å². The quantitative estimate of drug-likeness (QED) is 0.111. The van der Waals surface area contributed by atoms with Crippen molar-refractivity contribution in [3.8, 4) is 11.1 Å². The number of methoxy groups -OCH3 is 2. The van der Waals surface area contributed by atoms with E-state index >= 15 is 0 Å². The van der Waals surface area contributed by atoms with Gasteiger partial charge in [-0.2, -0.15) is 0 Å². The number of benzene rings is 5. The Bertz CT molecular complexity index is 2890. The predicted molar refractivity (Wildman–Crippen MR) is 242 cm³/mol. The monoisotopic (exact) mass is 848 g/mol. The third kappa shape index (κ3) is 7.57.